The molecule has 3 rings (SSSR count). The summed E-state index contributed by atoms with van der Waals surface area (Å²) >= 11 is 0. The van der Waals surface area contributed by atoms with Gasteiger partial charge in [-0.3, -0.25) is 9.78 Å². The number of aromatic amines is 1. The summed E-state index contributed by atoms with van der Waals surface area (Å²) in [5.41, 5.74) is 7.06. The molecule has 2 aromatic heterocycles. The minimum atomic E-state index is -1.95. The molecule has 0 fully saturated rings. The minimum Gasteiger partial charge on any atom is -0.416 e. The summed E-state index contributed by atoms with van der Waals surface area (Å²) in [5, 5.41) is 10.0. The molecule has 29 heavy (non-hydrogen) atoms. The Morgan fingerprint density at radius 3 is 2.76 bits per heavy atom. The van der Waals surface area contributed by atoms with Crippen molar-refractivity contribution < 1.29 is 9.53 Å². The van der Waals surface area contributed by atoms with Crippen LogP contribution in [0.3, 0.4) is 0 Å². The molecule has 0 aliphatic heterocycles. The van der Waals surface area contributed by atoms with Crippen LogP contribution in [0.2, 0.25) is 18.1 Å². The molecule has 1 aliphatic carbocycles. The number of aliphatic hydroxyl groups excluding tert-OH is 1. The van der Waals surface area contributed by atoms with Crippen LogP contribution in [0, 0.1) is 11.8 Å². The molecule has 9 heteroatoms. The normalized spacial score (nSPS) is 20.6. The van der Waals surface area contributed by atoms with Crippen molar-refractivity contribution in [3.63, 3.8) is 0 Å². The molecule has 0 unspecified atom stereocenters. The first-order valence-electron chi connectivity index (χ1n) is 10.2. The fraction of sp³-hybridized carbons (Fsp3) is 0.650. The molecule has 0 bridgehead atoms. The Kier molecular flexibility index (Phi) is 5.77. The van der Waals surface area contributed by atoms with Gasteiger partial charge in [-0.1, -0.05) is 33.8 Å². The van der Waals surface area contributed by atoms with Gasteiger partial charge >= 0.3 is 0 Å². The van der Waals surface area contributed by atoms with Crippen LogP contribution in [0.25, 0.3) is 11.2 Å². The average Bonchev–Trinajstić information content (AvgIpc) is 3.23. The van der Waals surface area contributed by atoms with Gasteiger partial charge in [-0.25, -0.2) is 4.98 Å². The highest BCUT2D eigenvalue weighted by Gasteiger charge is 2.44. The van der Waals surface area contributed by atoms with Gasteiger partial charge in [0.05, 0.1) is 19.0 Å². The second-order valence-electron chi connectivity index (χ2n) is 9.37. The van der Waals surface area contributed by atoms with Gasteiger partial charge < -0.3 is 19.8 Å². The third-order valence-corrected chi connectivity index (χ3v) is 11.7. The third kappa shape index (κ3) is 3.91. The monoisotopic (exact) mass is 419 g/mol. The highest BCUT2D eigenvalue weighted by atomic mass is 28.4. The third-order valence-electron chi connectivity index (χ3n) is 7.09. The van der Waals surface area contributed by atoms with E-state index in [0.717, 1.165) is 12.0 Å². The van der Waals surface area contributed by atoms with Crippen LogP contribution in [0.4, 0.5) is 5.95 Å². The van der Waals surface area contributed by atoms with E-state index in [1.807, 2.05) is 10.6 Å². The van der Waals surface area contributed by atoms with Gasteiger partial charge in [0.1, 0.15) is 0 Å². The van der Waals surface area contributed by atoms with E-state index in [0.29, 0.717) is 18.2 Å². The van der Waals surface area contributed by atoms with E-state index >= 15 is 0 Å². The zero-order chi connectivity index (χ0) is 21.6. The van der Waals surface area contributed by atoms with Crippen molar-refractivity contribution >= 4 is 25.4 Å². The summed E-state index contributed by atoms with van der Waals surface area (Å²) < 4.78 is 8.39. The highest BCUT2D eigenvalue weighted by Crippen LogP contribution is 2.45. The smallest absolute Gasteiger partial charge is 0.280 e. The average molecular weight is 420 g/mol. The number of nitrogens with zero attached hydrogens (tertiary/aromatic N) is 3. The number of aliphatic hydroxyl groups is 1. The second-order valence-corrected chi connectivity index (χ2v) is 14.0. The standard InChI is InChI=1S/C20H33N5O3Si/c1-12(2)20(3,4)29(5,6)28-10-14-8-15(7-13(14)9-26)25-11-22-16-17(25)23-19(21)24-18(16)27/h7,11-12,14-15,26H,8-10H2,1-6H3,(H3,21,23,24,27)/t14-,15+/m0/s1. The minimum absolute atomic E-state index is 0.0110. The molecular formula is C20H33N5O3Si. The predicted octanol–water partition coefficient (Wildman–Crippen LogP) is 2.84. The number of nitrogens with one attached hydrogen (secondary N) is 1. The topological polar surface area (TPSA) is 119 Å². The summed E-state index contributed by atoms with van der Waals surface area (Å²) in [5.74, 6) is 0.717. The van der Waals surface area contributed by atoms with Crippen molar-refractivity contribution in [3.8, 4) is 0 Å². The maximum atomic E-state index is 12.1. The van der Waals surface area contributed by atoms with Crippen molar-refractivity contribution in [2.24, 2.45) is 11.8 Å². The Bertz CT molecular complexity index is 976. The molecule has 2 atom stereocenters. The van der Waals surface area contributed by atoms with Crippen LogP contribution in [-0.4, -0.2) is 46.2 Å². The fourth-order valence-electron chi connectivity index (χ4n) is 3.82. The zero-order valence-corrected chi connectivity index (χ0v) is 19.2. The summed E-state index contributed by atoms with van der Waals surface area (Å²) in [7, 11) is -1.95. The molecule has 8 nitrogen and oxygen atoms in total. The number of anilines is 1. The second kappa shape index (κ2) is 7.70. The van der Waals surface area contributed by atoms with E-state index in [-0.39, 0.29) is 40.6 Å². The van der Waals surface area contributed by atoms with Crippen molar-refractivity contribution in [1.82, 2.24) is 19.5 Å². The van der Waals surface area contributed by atoms with Gasteiger partial charge in [0.15, 0.2) is 19.5 Å². The molecule has 0 saturated carbocycles. The lowest BCUT2D eigenvalue weighted by molar-refractivity contribution is 0.214. The number of H-pyrrole nitrogens is 1. The number of hydrogen-bond acceptors (Lipinski definition) is 6. The fourth-order valence-corrected chi connectivity index (χ4v) is 6.20. The molecule has 0 spiro atoms. The van der Waals surface area contributed by atoms with Crippen LogP contribution in [-0.2, 0) is 4.43 Å². The Morgan fingerprint density at radius 1 is 1.45 bits per heavy atom. The number of allylic oxidation sites excluding steroid dienone is 1. The lowest BCUT2D eigenvalue weighted by Crippen LogP contribution is -2.46. The Labute approximate surface area is 172 Å². The largest absolute Gasteiger partial charge is 0.416 e. The van der Waals surface area contributed by atoms with Crippen molar-refractivity contribution in [2.75, 3.05) is 18.9 Å². The summed E-state index contributed by atoms with van der Waals surface area (Å²) in [6.07, 6.45) is 4.42. The molecule has 0 aromatic carbocycles. The number of fused-ring (bicyclic) bond motifs is 1. The Balaban J connectivity index is 1.81. The summed E-state index contributed by atoms with van der Waals surface area (Å²) in [6, 6.07) is -0.0488. The lowest BCUT2D eigenvalue weighted by atomic mass is 9.99. The van der Waals surface area contributed by atoms with Crippen molar-refractivity contribution in [2.45, 2.75) is 58.3 Å². The van der Waals surface area contributed by atoms with Crippen LogP contribution in [0.15, 0.2) is 22.8 Å². The van der Waals surface area contributed by atoms with Gasteiger partial charge in [-0.2, -0.15) is 4.98 Å². The van der Waals surface area contributed by atoms with E-state index in [2.05, 4.69) is 55.7 Å². The molecule has 160 valence electrons. The van der Waals surface area contributed by atoms with Crippen LogP contribution >= 0.6 is 0 Å². The highest BCUT2D eigenvalue weighted by molar-refractivity contribution is 6.74. The number of imidazole rings is 1. The van der Waals surface area contributed by atoms with Gasteiger partial charge in [-0.15, -0.1) is 0 Å². The summed E-state index contributed by atoms with van der Waals surface area (Å²) in [6.45, 7) is 14.2. The first kappa shape index (κ1) is 21.7. The Morgan fingerprint density at radius 2 is 2.14 bits per heavy atom. The van der Waals surface area contributed by atoms with E-state index in [1.165, 1.54) is 0 Å². The van der Waals surface area contributed by atoms with Gasteiger partial charge in [0.2, 0.25) is 5.95 Å². The quantitative estimate of drug-likeness (QED) is 0.469. The van der Waals surface area contributed by atoms with Crippen molar-refractivity contribution in [1.29, 1.82) is 0 Å². The molecule has 2 aromatic rings. The first-order valence-corrected chi connectivity index (χ1v) is 13.1. The molecule has 2 heterocycles. The molecule has 4 N–H and O–H groups in total. The van der Waals surface area contributed by atoms with E-state index in [4.69, 9.17) is 10.2 Å². The Hall–Kier alpha value is -1.97. The van der Waals surface area contributed by atoms with Gasteiger partial charge in [0, 0.05) is 12.5 Å². The molecule has 0 amide bonds. The summed E-state index contributed by atoms with van der Waals surface area (Å²) in [4.78, 5) is 23.0. The van der Waals surface area contributed by atoms with Crippen LogP contribution in [0.1, 0.15) is 40.2 Å². The number of rotatable bonds is 7. The number of nitrogens with two attached hydrogens (primary N) is 1. The zero-order valence-electron chi connectivity index (χ0n) is 18.2. The molecule has 0 saturated heterocycles. The van der Waals surface area contributed by atoms with Gasteiger partial charge in [0.25, 0.3) is 5.56 Å². The maximum absolute atomic E-state index is 12.1. The molecule has 1 aliphatic rings. The predicted molar refractivity (Wildman–Crippen MR) is 117 cm³/mol. The SMILES string of the molecule is CC(C)C(C)(C)[Si](C)(C)OC[C@@H]1C[C@H](n2cnc3c(=O)[nH]c(N)nc32)C=C1CO. The van der Waals surface area contributed by atoms with Crippen LogP contribution in [0.5, 0.6) is 0 Å². The number of nitrogen functional groups attached to an aromatic ring is 1. The maximum Gasteiger partial charge on any atom is 0.280 e. The van der Waals surface area contributed by atoms with Crippen LogP contribution < -0.4 is 11.3 Å². The number of aromatic nitrogens is 4. The van der Waals surface area contributed by atoms with E-state index < -0.39 is 8.32 Å². The lowest BCUT2D eigenvalue weighted by Gasteiger charge is -2.43. The van der Waals surface area contributed by atoms with Crippen molar-refractivity contribution in [3.05, 3.63) is 28.3 Å². The first-order chi connectivity index (χ1) is 13.5. The number of hydrogen-bond donors (Lipinski definition) is 3. The molecular weight excluding hydrogens is 386 g/mol. The van der Waals surface area contributed by atoms with E-state index in [1.54, 1.807) is 6.33 Å². The molecule has 0 radical (unpaired) electrons. The van der Waals surface area contributed by atoms with E-state index in [9.17, 15) is 9.90 Å². The van der Waals surface area contributed by atoms with Gasteiger partial charge in [-0.05, 0) is 36.0 Å².